The molecule has 90 valence electrons. The molecule has 0 N–H and O–H groups in total. The van der Waals surface area contributed by atoms with Gasteiger partial charge in [-0.3, -0.25) is 9.88 Å². The quantitative estimate of drug-likeness (QED) is 0.773. The maximum atomic E-state index is 9.03. The molecule has 0 spiro atoms. The van der Waals surface area contributed by atoms with Gasteiger partial charge in [0, 0.05) is 38.6 Å². The van der Waals surface area contributed by atoms with Crippen molar-refractivity contribution in [3.8, 4) is 6.07 Å². The summed E-state index contributed by atoms with van der Waals surface area (Å²) in [4.78, 5) is 12.8. The van der Waals surface area contributed by atoms with Crippen LogP contribution in [-0.4, -0.2) is 47.1 Å². The molecule has 1 aliphatic rings. The zero-order valence-corrected chi connectivity index (χ0v) is 10.1. The van der Waals surface area contributed by atoms with Crippen LogP contribution in [0.4, 0.5) is 5.82 Å². The number of nitriles is 1. The molecule has 0 bridgehead atoms. The van der Waals surface area contributed by atoms with Gasteiger partial charge in [-0.1, -0.05) is 6.92 Å². The molecule has 1 aliphatic heterocycles. The van der Waals surface area contributed by atoms with Crippen LogP contribution in [0.5, 0.6) is 0 Å². The van der Waals surface area contributed by atoms with E-state index in [-0.39, 0.29) is 6.04 Å². The molecular weight excluding hydrogens is 214 g/mol. The molecule has 2 rings (SSSR count). The lowest BCUT2D eigenvalue weighted by Gasteiger charge is -2.37. The number of piperazine rings is 1. The van der Waals surface area contributed by atoms with Crippen molar-refractivity contribution in [2.75, 3.05) is 31.1 Å². The number of aromatic nitrogens is 2. The predicted octanol–water partition coefficient (Wildman–Crippen LogP) is 0.901. The monoisotopic (exact) mass is 231 g/mol. The van der Waals surface area contributed by atoms with Crippen molar-refractivity contribution < 1.29 is 0 Å². The Bertz CT molecular complexity index is 378. The van der Waals surface area contributed by atoms with Gasteiger partial charge in [0.1, 0.15) is 5.82 Å². The maximum Gasteiger partial charge on any atom is 0.147 e. The van der Waals surface area contributed by atoms with Crippen molar-refractivity contribution in [1.29, 1.82) is 5.26 Å². The normalized spacial score (nSPS) is 18.7. The van der Waals surface area contributed by atoms with Crippen molar-refractivity contribution >= 4 is 5.82 Å². The average Bonchev–Trinajstić information content (AvgIpc) is 2.42. The van der Waals surface area contributed by atoms with E-state index in [1.807, 2.05) is 0 Å². The minimum absolute atomic E-state index is 0.0546. The number of hydrogen-bond acceptors (Lipinski definition) is 5. The summed E-state index contributed by atoms with van der Waals surface area (Å²) in [6, 6.07) is 2.41. The van der Waals surface area contributed by atoms with Crippen molar-refractivity contribution in [2.45, 2.75) is 19.4 Å². The van der Waals surface area contributed by atoms with Gasteiger partial charge in [0.25, 0.3) is 0 Å². The van der Waals surface area contributed by atoms with E-state index in [1.165, 1.54) is 0 Å². The van der Waals surface area contributed by atoms with Crippen LogP contribution in [0.3, 0.4) is 0 Å². The zero-order valence-electron chi connectivity index (χ0n) is 10.1. The van der Waals surface area contributed by atoms with Crippen LogP contribution in [-0.2, 0) is 0 Å². The third kappa shape index (κ3) is 2.71. The van der Waals surface area contributed by atoms with Gasteiger partial charge in [0.15, 0.2) is 0 Å². The Labute approximate surface area is 102 Å². The summed E-state index contributed by atoms with van der Waals surface area (Å²) in [5.74, 6) is 0.928. The fraction of sp³-hybridized carbons (Fsp3) is 0.583. The summed E-state index contributed by atoms with van der Waals surface area (Å²) in [6.07, 6.45) is 6.08. The molecule has 5 nitrogen and oxygen atoms in total. The minimum atomic E-state index is 0.0546. The number of nitrogens with zero attached hydrogens (tertiary/aromatic N) is 5. The smallest absolute Gasteiger partial charge is 0.147 e. The van der Waals surface area contributed by atoms with Gasteiger partial charge in [-0.15, -0.1) is 0 Å². The summed E-state index contributed by atoms with van der Waals surface area (Å²) >= 11 is 0. The highest BCUT2D eigenvalue weighted by Crippen LogP contribution is 2.13. The Morgan fingerprint density at radius 1 is 1.35 bits per heavy atom. The Kier molecular flexibility index (Phi) is 3.89. The SMILES string of the molecule is CCC(C#N)N1CCN(c2cnccn2)CC1. The lowest BCUT2D eigenvalue weighted by Crippen LogP contribution is -2.50. The summed E-state index contributed by atoms with van der Waals surface area (Å²) in [7, 11) is 0. The van der Waals surface area contributed by atoms with Gasteiger partial charge in [-0.2, -0.15) is 5.26 Å². The third-order valence-corrected chi connectivity index (χ3v) is 3.16. The number of hydrogen-bond donors (Lipinski definition) is 0. The highest BCUT2D eigenvalue weighted by molar-refractivity contribution is 5.35. The fourth-order valence-electron chi connectivity index (χ4n) is 2.15. The molecule has 0 radical (unpaired) electrons. The molecule has 1 aromatic rings. The first-order valence-electron chi connectivity index (χ1n) is 5.99. The second-order valence-electron chi connectivity index (χ2n) is 4.14. The molecule has 0 aliphatic carbocycles. The summed E-state index contributed by atoms with van der Waals surface area (Å²) in [6.45, 7) is 5.72. The summed E-state index contributed by atoms with van der Waals surface area (Å²) < 4.78 is 0. The largest absolute Gasteiger partial charge is 0.353 e. The third-order valence-electron chi connectivity index (χ3n) is 3.16. The van der Waals surface area contributed by atoms with Crippen LogP contribution in [0.25, 0.3) is 0 Å². The van der Waals surface area contributed by atoms with Gasteiger partial charge in [-0.25, -0.2) is 4.98 Å². The Morgan fingerprint density at radius 2 is 2.12 bits per heavy atom. The lowest BCUT2D eigenvalue weighted by molar-refractivity contribution is 0.216. The second-order valence-corrected chi connectivity index (χ2v) is 4.14. The highest BCUT2D eigenvalue weighted by Gasteiger charge is 2.22. The molecule has 1 aromatic heterocycles. The molecule has 0 aromatic carbocycles. The van der Waals surface area contributed by atoms with E-state index in [1.54, 1.807) is 18.6 Å². The molecule has 0 amide bonds. The van der Waals surface area contributed by atoms with Crippen LogP contribution in [0, 0.1) is 11.3 Å². The van der Waals surface area contributed by atoms with E-state index in [0.29, 0.717) is 0 Å². The van der Waals surface area contributed by atoms with E-state index in [2.05, 4.69) is 32.8 Å². The average molecular weight is 231 g/mol. The standard InChI is InChI=1S/C12H17N5/c1-2-11(9-13)16-5-7-17(8-6-16)12-10-14-3-4-15-12/h3-4,10-11H,2,5-8H2,1H3. The Hall–Kier alpha value is -1.67. The maximum absolute atomic E-state index is 9.03. The lowest BCUT2D eigenvalue weighted by atomic mass is 10.2. The zero-order chi connectivity index (χ0) is 12.1. The van der Waals surface area contributed by atoms with Gasteiger partial charge in [0.2, 0.25) is 0 Å². The Morgan fingerprint density at radius 3 is 2.65 bits per heavy atom. The van der Waals surface area contributed by atoms with Crippen molar-refractivity contribution in [3.05, 3.63) is 18.6 Å². The minimum Gasteiger partial charge on any atom is -0.353 e. The van der Waals surface area contributed by atoms with Crippen molar-refractivity contribution in [2.24, 2.45) is 0 Å². The molecule has 17 heavy (non-hydrogen) atoms. The predicted molar refractivity (Wildman–Crippen MR) is 65.5 cm³/mol. The van der Waals surface area contributed by atoms with Gasteiger partial charge in [0.05, 0.1) is 18.3 Å². The first-order chi connectivity index (χ1) is 8.35. The summed E-state index contributed by atoms with van der Waals surface area (Å²) in [5.41, 5.74) is 0. The molecule has 1 saturated heterocycles. The van der Waals surface area contributed by atoms with E-state index < -0.39 is 0 Å². The number of rotatable bonds is 3. The molecule has 1 unspecified atom stereocenters. The van der Waals surface area contributed by atoms with E-state index in [0.717, 1.165) is 38.4 Å². The summed E-state index contributed by atoms with van der Waals surface area (Å²) in [5, 5.41) is 9.03. The van der Waals surface area contributed by atoms with Gasteiger partial charge >= 0.3 is 0 Å². The topological polar surface area (TPSA) is 56.1 Å². The highest BCUT2D eigenvalue weighted by atomic mass is 15.3. The fourth-order valence-corrected chi connectivity index (χ4v) is 2.15. The first kappa shape index (κ1) is 11.8. The molecule has 1 fully saturated rings. The first-order valence-corrected chi connectivity index (χ1v) is 5.99. The molecule has 5 heteroatoms. The molecule has 2 heterocycles. The van der Waals surface area contributed by atoms with E-state index in [4.69, 9.17) is 5.26 Å². The second kappa shape index (κ2) is 5.60. The van der Waals surface area contributed by atoms with Crippen LogP contribution in [0.15, 0.2) is 18.6 Å². The van der Waals surface area contributed by atoms with E-state index >= 15 is 0 Å². The van der Waals surface area contributed by atoms with Crippen LogP contribution < -0.4 is 4.90 Å². The van der Waals surface area contributed by atoms with Gasteiger partial charge < -0.3 is 4.90 Å². The van der Waals surface area contributed by atoms with Crippen LogP contribution in [0.2, 0.25) is 0 Å². The number of anilines is 1. The molecule has 1 atom stereocenters. The molecule has 0 saturated carbocycles. The van der Waals surface area contributed by atoms with Crippen LogP contribution >= 0.6 is 0 Å². The van der Waals surface area contributed by atoms with E-state index in [9.17, 15) is 0 Å². The molecular formula is C12H17N5. The van der Waals surface area contributed by atoms with Crippen molar-refractivity contribution in [3.63, 3.8) is 0 Å². The van der Waals surface area contributed by atoms with Crippen LogP contribution in [0.1, 0.15) is 13.3 Å². The Balaban J connectivity index is 1.93. The van der Waals surface area contributed by atoms with Gasteiger partial charge in [-0.05, 0) is 6.42 Å². The van der Waals surface area contributed by atoms with Crippen molar-refractivity contribution in [1.82, 2.24) is 14.9 Å².